The molecule has 82 valence electrons. The van der Waals surface area contributed by atoms with Gasteiger partial charge in [-0.1, -0.05) is 24.3 Å². The third-order valence-electron chi connectivity index (χ3n) is 3.88. The molecule has 0 aliphatic heterocycles. The van der Waals surface area contributed by atoms with E-state index >= 15 is 0 Å². The van der Waals surface area contributed by atoms with Crippen LogP contribution in [0.2, 0.25) is 0 Å². The molecule has 2 aliphatic rings. The minimum absolute atomic E-state index is 0.131. The molecule has 0 heterocycles. The number of rotatable bonds is 2. The molecule has 0 N–H and O–H groups in total. The lowest BCUT2D eigenvalue weighted by Gasteiger charge is -2.27. The molecule has 0 bridgehead atoms. The van der Waals surface area contributed by atoms with E-state index < -0.39 is 0 Å². The summed E-state index contributed by atoms with van der Waals surface area (Å²) in [5, 5.41) is 0. The predicted octanol–water partition coefficient (Wildman–Crippen LogP) is 2.58. The molecule has 2 aliphatic carbocycles. The van der Waals surface area contributed by atoms with Crippen molar-refractivity contribution in [3.05, 3.63) is 35.4 Å². The predicted molar refractivity (Wildman–Crippen MR) is 60.4 cm³/mol. The molecule has 0 aromatic heterocycles. The maximum absolute atomic E-state index is 11.3. The highest BCUT2D eigenvalue weighted by Gasteiger charge is 2.31. The number of benzene rings is 1. The Labute approximate surface area is 94.7 Å². The maximum Gasteiger partial charge on any atom is 0.140 e. The summed E-state index contributed by atoms with van der Waals surface area (Å²) in [6.07, 6.45) is 3.43. The fourth-order valence-electron chi connectivity index (χ4n) is 2.48. The number of hydrogen-bond donors (Lipinski definition) is 0. The molecule has 2 fully saturated rings. The Morgan fingerprint density at radius 1 is 0.750 bits per heavy atom. The van der Waals surface area contributed by atoms with Crippen molar-refractivity contribution >= 4 is 11.6 Å². The molecule has 2 nitrogen and oxygen atoms in total. The molecule has 0 spiro atoms. The van der Waals surface area contributed by atoms with Crippen LogP contribution in [0.3, 0.4) is 0 Å². The fraction of sp³-hybridized carbons (Fsp3) is 0.429. The van der Waals surface area contributed by atoms with Gasteiger partial charge in [0, 0.05) is 24.7 Å². The Hall–Kier alpha value is -1.44. The van der Waals surface area contributed by atoms with Crippen LogP contribution in [0.5, 0.6) is 0 Å². The highest BCUT2D eigenvalue weighted by molar-refractivity contribution is 5.92. The summed E-state index contributed by atoms with van der Waals surface area (Å²) in [5.41, 5.74) is 2.23. The quantitative estimate of drug-likeness (QED) is 0.758. The topological polar surface area (TPSA) is 34.1 Å². The number of Topliss-reactive ketones (excluding diaryl/α,β-unsaturated/α-hetero) is 2. The summed E-state index contributed by atoms with van der Waals surface area (Å²) in [6.45, 7) is 0. The number of hydrogen-bond acceptors (Lipinski definition) is 2. The second kappa shape index (κ2) is 3.55. The van der Waals surface area contributed by atoms with E-state index in [1.54, 1.807) is 0 Å². The van der Waals surface area contributed by atoms with E-state index in [0.717, 1.165) is 36.8 Å². The standard InChI is InChI=1S/C14H14O2/c15-13-7-5-11(13)9-1-2-10(4-3-9)12-6-8-14(12)16/h1-4,11-12H,5-8H2. The van der Waals surface area contributed by atoms with E-state index in [4.69, 9.17) is 0 Å². The van der Waals surface area contributed by atoms with Crippen molar-refractivity contribution in [1.29, 1.82) is 0 Å². The number of carbonyl (C=O) groups excluding carboxylic acids is 2. The molecule has 0 amide bonds. The monoisotopic (exact) mass is 214 g/mol. The van der Waals surface area contributed by atoms with Gasteiger partial charge in [0.25, 0.3) is 0 Å². The van der Waals surface area contributed by atoms with Crippen molar-refractivity contribution in [1.82, 2.24) is 0 Å². The summed E-state index contributed by atoms with van der Waals surface area (Å²) in [7, 11) is 0. The van der Waals surface area contributed by atoms with Crippen molar-refractivity contribution in [2.24, 2.45) is 0 Å². The van der Waals surface area contributed by atoms with Crippen molar-refractivity contribution < 1.29 is 9.59 Å². The van der Waals surface area contributed by atoms with Crippen molar-refractivity contribution in [2.75, 3.05) is 0 Å². The molecule has 1 aromatic carbocycles. The first-order chi connectivity index (χ1) is 7.75. The highest BCUT2D eigenvalue weighted by atomic mass is 16.1. The van der Waals surface area contributed by atoms with Crippen LogP contribution < -0.4 is 0 Å². The largest absolute Gasteiger partial charge is 0.299 e. The van der Waals surface area contributed by atoms with Gasteiger partial charge in [0.2, 0.25) is 0 Å². The summed E-state index contributed by atoms with van der Waals surface area (Å²) >= 11 is 0. The number of ketones is 2. The average molecular weight is 214 g/mol. The Morgan fingerprint density at radius 2 is 1.12 bits per heavy atom. The molecule has 0 saturated heterocycles. The van der Waals surface area contributed by atoms with Crippen molar-refractivity contribution in [2.45, 2.75) is 37.5 Å². The van der Waals surface area contributed by atoms with Crippen LogP contribution in [0.15, 0.2) is 24.3 Å². The average Bonchev–Trinajstić information content (AvgIpc) is 2.27. The molecule has 2 atom stereocenters. The first kappa shape index (κ1) is 9.76. The van der Waals surface area contributed by atoms with E-state index in [9.17, 15) is 9.59 Å². The van der Waals surface area contributed by atoms with Gasteiger partial charge in [0.15, 0.2) is 0 Å². The smallest absolute Gasteiger partial charge is 0.140 e. The minimum Gasteiger partial charge on any atom is -0.299 e. The molecule has 1 aromatic rings. The van der Waals surface area contributed by atoms with Gasteiger partial charge in [-0.3, -0.25) is 9.59 Å². The van der Waals surface area contributed by atoms with Gasteiger partial charge in [-0.15, -0.1) is 0 Å². The lowest BCUT2D eigenvalue weighted by molar-refractivity contribution is -0.126. The summed E-state index contributed by atoms with van der Waals surface area (Å²) in [4.78, 5) is 22.6. The van der Waals surface area contributed by atoms with Crippen LogP contribution in [0.25, 0.3) is 0 Å². The Bertz CT molecular complexity index is 401. The van der Waals surface area contributed by atoms with Gasteiger partial charge < -0.3 is 0 Å². The Kier molecular flexibility index (Phi) is 2.16. The Balaban J connectivity index is 1.79. The van der Waals surface area contributed by atoms with Crippen molar-refractivity contribution in [3.63, 3.8) is 0 Å². The van der Waals surface area contributed by atoms with Crippen LogP contribution >= 0.6 is 0 Å². The number of carbonyl (C=O) groups is 2. The normalized spacial score (nSPS) is 28.5. The van der Waals surface area contributed by atoms with E-state index in [1.807, 2.05) is 24.3 Å². The maximum atomic E-state index is 11.3. The van der Waals surface area contributed by atoms with Gasteiger partial charge in [0.1, 0.15) is 11.6 Å². The molecule has 2 saturated carbocycles. The second-order valence-electron chi connectivity index (χ2n) is 4.78. The lowest BCUT2D eigenvalue weighted by Crippen LogP contribution is -2.24. The third kappa shape index (κ3) is 1.41. The van der Waals surface area contributed by atoms with Crippen LogP contribution in [0.1, 0.15) is 48.6 Å². The second-order valence-corrected chi connectivity index (χ2v) is 4.78. The van der Waals surface area contributed by atoms with Crippen molar-refractivity contribution in [3.8, 4) is 0 Å². The SMILES string of the molecule is O=C1CCC1c1ccc(C2CCC2=O)cc1. The molecule has 16 heavy (non-hydrogen) atoms. The van der Waals surface area contributed by atoms with Gasteiger partial charge in [-0.05, 0) is 24.0 Å². The van der Waals surface area contributed by atoms with Gasteiger partial charge in [0.05, 0.1) is 0 Å². The summed E-state index contributed by atoms with van der Waals surface area (Å²) in [5.74, 6) is 0.970. The molecule has 2 unspecified atom stereocenters. The molecular weight excluding hydrogens is 200 g/mol. The van der Waals surface area contributed by atoms with Gasteiger partial charge in [-0.2, -0.15) is 0 Å². The first-order valence-electron chi connectivity index (χ1n) is 5.91. The lowest BCUT2D eigenvalue weighted by atomic mass is 9.76. The van der Waals surface area contributed by atoms with Crippen LogP contribution in [0, 0.1) is 0 Å². The zero-order valence-corrected chi connectivity index (χ0v) is 9.11. The molecule has 2 heteroatoms. The molecule has 3 rings (SSSR count). The Morgan fingerprint density at radius 3 is 1.31 bits per heavy atom. The zero-order valence-electron chi connectivity index (χ0n) is 9.11. The first-order valence-corrected chi connectivity index (χ1v) is 5.91. The van der Waals surface area contributed by atoms with E-state index in [2.05, 4.69) is 0 Å². The van der Waals surface area contributed by atoms with Gasteiger partial charge >= 0.3 is 0 Å². The van der Waals surface area contributed by atoms with Gasteiger partial charge in [-0.25, -0.2) is 0 Å². The molecule has 0 radical (unpaired) electrons. The highest BCUT2D eigenvalue weighted by Crippen LogP contribution is 2.36. The van der Waals surface area contributed by atoms with Crippen LogP contribution in [-0.4, -0.2) is 11.6 Å². The summed E-state index contributed by atoms with van der Waals surface area (Å²) in [6, 6.07) is 8.07. The minimum atomic E-state index is 0.131. The van der Waals surface area contributed by atoms with Crippen LogP contribution in [-0.2, 0) is 9.59 Å². The van der Waals surface area contributed by atoms with Crippen LogP contribution in [0.4, 0.5) is 0 Å². The fourth-order valence-corrected chi connectivity index (χ4v) is 2.48. The third-order valence-corrected chi connectivity index (χ3v) is 3.88. The van der Waals surface area contributed by atoms with E-state index in [0.29, 0.717) is 11.6 Å². The molecular formula is C14H14O2. The zero-order chi connectivity index (χ0) is 11.1. The van der Waals surface area contributed by atoms with E-state index in [1.165, 1.54) is 0 Å². The van der Waals surface area contributed by atoms with E-state index in [-0.39, 0.29) is 11.8 Å². The summed E-state index contributed by atoms with van der Waals surface area (Å²) < 4.78 is 0.